The molecule has 2 fully saturated rings. The highest BCUT2D eigenvalue weighted by Crippen LogP contribution is 2.49. The topological polar surface area (TPSA) is 90.9 Å². The first-order valence-corrected chi connectivity index (χ1v) is 9.08. The van der Waals surface area contributed by atoms with Crippen LogP contribution in [0.1, 0.15) is 32.6 Å². The standard InChI is InChI=1S/C19H23ClN4O/c1-11(16-7-12-2-3-13(16)6-12)23-10-14(9-21)19(25)24-15-4-5-18(22)17(20)8-15/h4-5,8,10-13,16,23H,2-3,6-7,22H2,1H3,(H,24,25)/b14-10-. The molecule has 0 aliphatic heterocycles. The first-order valence-electron chi connectivity index (χ1n) is 8.70. The van der Waals surface area contributed by atoms with Crippen molar-refractivity contribution in [1.82, 2.24) is 5.32 Å². The lowest BCUT2D eigenvalue weighted by molar-refractivity contribution is -0.112. The zero-order chi connectivity index (χ0) is 18.0. The van der Waals surface area contributed by atoms with E-state index >= 15 is 0 Å². The molecule has 1 aromatic carbocycles. The Labute approximate surface area is 153 Å². The summed E-state index contributed by atoms with van der Waals surface area (Å²) in [6.07, 6.45) is 6.80. The van der Waals surface area contributed by atoms with Crippen molar-refractivity contribution in [1.29, 1.82) is 5.26 Å². The van der Waals surface area contributed by atoms with Crippen LogP contribution < -0.4 is 16.4 Å². The molecule has 2 bridgehead atoms. The molecule has 2 aliphatic rings. The fourth-order valence-corrected chi connectivity index (χ4v) is 4.38. The van der Waals surface area contributed by atoms with E-state index in [-0.39, 0.29) is 11.6 Å². The number of anilines is 2. The molecule has 0 spiro atoms. The van der Waals surface area contributed by atoms with E-state index in [1.54, 1.807) is 18.2 Å². The number of rotatable bonds is 5. The molecule has 4 unspecified atom stereocenters. The van der Waals surface area contributed by atoms with Gasteiger partial charge in [-0.05, 0) is 62.1 Å². The third kappa shape index (κ3) is 3.91. The minimum atomic E-state index is -0.462. The van der Waals surface area contributed by atoms with E-state index in [2.05, 4.69) is 17.6 Å². The van der Waals surface area contributed by atoms with Gasteiger partial charge in [-0.15, -0.1) is 0 Å². The Morgan fingerprint density at radius 2 is 2.24 bits per heavy atom. The molecule has 0 radical (unpaired) electrons. The Hall–Kier alpha value is -2.19. The third-order valence-electron chi connectivity index (χ3n) is 5.55. The van der Waals surface area contributed by atoms with Crippen LogP contribution in [0.15, 0.2) is 30.0 Å². The van der Waals surface area contributed by atoms with Gasteiger partial charge >= 0.3 is 0 Å². The molecule has 5 nitrogen and oxygen atoms in total. The van der Waals surface area contributed by atoms with Gasteiger partial charge in [-0.2, -0.15) is 5.26 Å². The average Bonchev–Trinajstić information content (AvgIpc) is 3.22. The van der Waals surface area contributed by atoms with E-state index in [0.717, 1.165) is 11.8 Å². The van der Waals surface area contributed by atoms with Crippen LogP contribution in [0.5, 0.6) is 0 Å². The number of halogens is 1. The number of nitrogens with zero attached hydrogens (tertiary/aromatic N) is 1. The summed E-state index contributed by atoms with van der Waals surface area (Å²) < 4.78 is 0. The Bertz CT molecular complexity index is 739. The number of carbonyl (C=O) groups excluding carboxylic acids is 1. The number of nitriles is 1. The van der Waals surface area contributed by atoms with Crippen molar-refractivity contribution >= 4 is 28.9 Å². The zero-order valence-corrected chi connectivity index (χ0v) is 15.0. The van der Waals surface area contributed by atoms with Crippen LogP contribution in [0.25, 0.3) is 0 Å². The highest BCUT2D eigenvalue weighted by Gasteiger charge is 2.41. The molecular formula is C19H23ClN4O. The van der Waals surface area contributed by atoms with E-state index in [9.17, 15) is 10.1 Å². The molecule has 3 rings (SSSR count). The smallest absolute Gasteiger partial charge is 0.267 e. The fraction of sp³-hybridized carbons (Fsp3) is 0.474. The minimum Gasteiger partial charge on any atom is -0.398 e. The van der Waals surface area contributed by atoms with Crippen molar-refractivity contribution in [3.05, 3.63) is 35.0 Å². The number of amides is 1. The molecule has 0 heterocycles. The fourth-order valence-electron chi connectivity index (χ4n) is 4.20. The average molecular weight is 359 g/mol. The Morgan fingerprint density at radius 3 is 2.84 bits per heavy atom. The molecule has 1 amide bonds. The summed E-state index contributed by atoms with van der Waals surface area (Å²) in [6.45, 7) is 2.13. The van der Waals surface area contributed by atoms with Crippen molar-refractivity contribution in [2.75, 3.05) is 11.1 Å². The van der Waals surface area contributed by atoms with E-state index in [1.165, 1.54) is 31.9 Å². The van der Waals surface area contributed by atoms with Crippen LogP contribution >= 0.6 is 11.6 Å². The van der Waals surface area contributed by atoms with E-state index < -0.39 is 5.91 Å². The summed E-state index contributed by atoms with van der Waals surface area (Å²) in [6, 6.07) is 7.05. The lowest BCUT2D eigenvalue weighted by Crippen LogP contribution is -2.33. The normalized spacial score (nSPS) is 26.1. The third-order valence-corrected chi connectivity index (χ3v) is 5.88. The van der Waals surface area contributed by atoms with Crippen LogP contribution in [0.4, 0.5) is 11.4 Å². The zero-order valence-electron chi connectivity index (χ0n) is 14.3. The van der Waals surface area contributed by atoms with Crippen molar-refractivity contribution in [2.45, 2.75) is 38.6 Å². The summed E-state index contributed by atoms with van der Waals surface area (Å²) in [4.78, 5) is 12.3. The van der Waals surface area contributed by atoms with Gasteiger partial charge in [0.05, 0.1) is 10.7 Å². The largest absolute Gasteiger partial charge is 0.398 e. The SMILES string of the molecule is CC(N/C=C(/C#N)C(=O)Nc1ccc(N)c(Cl)c1)C1CC2CCC1C2. The predicted molar refractivity (Wildman–Crippen MR) is 99.7 cm³/mol. The van der Waals surface area contributed by atoms with Crippen molar-refractivity contribution in [3.63, 3.8) is 0 Å². The maximum Gasteiger partial charge on any atom is 0.267 e. The lowest BCUT2D eigenvalue weighted by atomic mass is 9.84. The quantitative estimate of drug-likeness (QED) is 0.425. The number of nitrogens with one attached hydrogen (secondary N) is 2. The number of fused-ring (bicyclic) bond motifs is 2. The lowest BCUT2D eigenvalue weighted by Gasteiger charge is -2.28. The second-order valence-electron chi connectivity index (χ2n) is 7.15. The molecule has 4 N–H and O–H groups in total. The maximum atomic E-state index is 12.3. The van der Waals surface area contributed by atoms with E-state index in [1.807, 2.05) is 6.07 Å². The highest BCUT2D eigenvalue weighted by atomic mass is 35.5. The predicted octanol–water partition coefficient (Wildman–Crippen LogP) is 3.68. The monoisotopic (exact) mass is 358 g/mol. The minimum absolute atomic E-state index is 0.0444. The summed E-state index contributed by atoms with van der Waals surface area (Å²) >= 11 is 5.95. The maximum absolute atomic E-state index is 12.3. The summed E-state index contributed by atoms with van der Waals surface area (Å²) in [5.41, 5.74) is 6.65. The number of nitrogens with two attached hydrogens (primary N) is 1. The van der Waals surface area contributed by atoms with Crippen LogP contribution in [-0.4, -0.2) is 11.9 Å². The molecular weight excluding hydrogens is 336 g/mol. The number of nitrogen functional groups attached to an aromatic ring is 1. The van der Waals surface area contributed by atoms with Gasteiger partial charge < -0.3 is 16.4 Å². The van der Waals surface area contributed by atoms with Crippen molar-refractivity contribution in [2.24, 2.45) is 17.8 Å². The van der Waals surface area contributed by atoms with Crippen LogP contribution in [0, 0.1) is 29.1 Å². The summed E-state index contributed by atoms with van der Waals surface area (Å²) in [5, 5.41) is 15.6. The van der Waals surface area contributed by atoms with Gasteiger partial charge in [-0.1, -0.05) is 18.0 Å². The number of hydrogen-bond donors (Lipinski definition) is 3. The molecule has 2 aliphatic carbocycles. The van der Waals surface area contributed by atoms with Crippen molar-refractivity contribution in [3.8, 4) is 6.07 Å². The second-order valence-corrected chi connectivity index (χ2v) is 7.56. The Balaban J connectivity index is 1.60. The molecule has 0 saturated heterocycles. The van der Waals surface area contributed by atoms with Crippen LogP contribution in [-0.2, 0) is 4.79 Å². The Kier molecular flexibility index (Phi) is 5.19. The first kappa shape index (κ1) is 17.6. The summed E-state index contributed by atoms with van der Waals surface area (Å²) in [5.74, 6) is 1.83. The molecule has 25 heavy (non-hydrogen) atoms. The van der Waals surface area contributed by atoms with Gasteiger partial charge in [-0.25, -0.2) is 0 Å². The van der Waals surface area contributed by atoms with Gasteiger partial charge in [-0.3, -0.25) is 4.79 Å². The van der Waals surface area contributed by atoms with Crippen LogP contribution in [0.2, 0.25) is 5.02 Å². The second kappa shape index (κ2) is 7.37. The number of carbonyl (C=O) groups is 1. The van der Waals surface area contributed by atoms with E-state index in [4.69, 9.17) is 17.3 Å². The molecule has 132 valence electrons. The van der Waals surface area contributed by atoms with Gasteiger partial charge in [0, 0.05) is 17.9 Å². The molecule has 1 aromatic rings. The van der Waals surface area contributed by atoms with E-state index in [0.29, 0.717) is 22.3 Å². The number of benzene rings is 1. The van der Waals surface area contributed by atoms with Crippen molar-refractivity contribution < 1.29 is 4.79 Å². The van der Waals surface area contributed by atoms with Crippen LogP contribution in [0.3, 0.4) is 0 Å². The van der Waals surface area contributed by atoms with Gasteiger partial charge in [0.25, 0.3) is 5.91 Å². The summed E-state index contributed by atoms with van der Waals surface area (Å²) in [7, 11) is 0. The number of hydrogen-bond acceptors (Lipinski definition) is 4. The molecule has 2 saturated carbocycles. The first-order chi connectivity index (χ1) is 12.0. The molecule has 4 atom stereocenters. The van der Waals surface area contributed by atoms with Gasteiger partial charge in [0.15, 0.2) is 0 Å². The van der Waals surface area contributed by atoms with Gasteiger partial charge in [0.2, 0.25) is 0 Å². The Morgan fingerprint density at radius 1 is 1.44 bits per heavy atom. The molecule has 0 aromatic heterocycles. The van der Waals surface area contributed by atoms with Gasteiger partial charge in [0.1, 0.15) is 11.6 Å². The molecule has 6 heteroatoms. The highest BCUT2D eigenvalue weighted by molar-refractivity contribution is 6.33.